The molecule has 0 saturated carbocycles. The molecule has 5 nitrogen and oxygen atoms in total. The van der Waals surface area contributed by atoms with Crippen LogP contribution in [0.15, 0.2) is 30.5 Å². The molecule has 2 aromatic rings. The van der Waals surface area contributed by atoms with Crippen LogP contribution >= 0.6 is 0 Å². The fourth-order valence-electron chi connectivity index (χ4n) is 4.32. The second kappa shape index (κ2) is 5.65. The zero-order valence-electron chi connectivity index (χ0n) is 13.1. The number of nitrogens with two attached hydrogens (primary N) is 1. The van der Waals surface area contributed by atoms with E-state index in [9.17, 15) is 9.90 Å². The van der Waals surface area contributed by atoms with Gasteiger partial charge >= 0.3 is 0 Å². The summed E-state index contributed by atoms with van der Waals surface area (Å²) in [7, 11) is 0. The molecule has 0 aliphatic carbocycles. The van der Waals surface area contributed by atoms with Crippen LogP contribution in [0.4, 0.5) is 0 Å². The molecular weight excluding hydrogens is 290 g/mol. The van der Waals surface area contributed by atoms with Crippen LogP contribution in [0.1, 0.15) is 31.2 Å². The number of aliphatic hydroxyl groups is 1. The molecule has 2 bridgehead atoms. The van der Waals surface area contributed by atoms with Gasteiger partial charge in [-0.1, -0.05) is 18.2 Å². The average Bonchev–Trinajstić information content (AvgIpc) is 3.06. The van der Waals surface area contributed by atoms with Crippen molar-refractivity contribution < 1.29 is 9.90 Å². The number of hydrogen-bond acceptors (Lipinski definition) is 3. The Bertz CT molecular complexity index is 712. The third-order valence-electron chi connectivity index (χ3n) is 5.39. The first-order chi connectivity index (χ1) is 11.1. The fraction of sp³-hybridized carbons (Fsp3) is 0.500. The van der Waals surface area contributed by atoms with Crippen LogP contribution in [0.5, 0.6) is 0 Å². The van der Waals surface area contributed by atoms with Crippen LogP contribution in [0.2, 0.25) is 0 Å². The van der Waals surface area contributed by atoms with Crippen molar-refractivity contribution in [3.05, 3.63) is 36.0 Å². The number of H-pyrrole nitrogens is 1. The van der Waals surface area contributed by atoms with Gasteiger partial charge in [-0.05, 0) is 43.7 Å². The van der Waals surface area contributed by atoms with E-state index in [1.54, 1.807) is 0 Å². The second-order valence-electron chi connectivity index (χ2n) is 6.93. The van der Waals surface area contributed by atoms with Crippen molar-refractivity contribution in [3.63, 3.8) is 0 Å². The highest BCUT2D eigenvalue weighted by atomic mass is 16.3. The van der Waals surface area contributed by atoms with Crippen molar-refractivity contribution >= 4 is 16.8 Å². The first kappa shape index (κ1) is 14.7. The lowest BCUT2D eigenvalue weighted by Gasteiger charge is -2.38. The highest BCUT2D eigenvalue weighted by molar-refractivity contribution is 5.86. The summed E-state index contributed by atoms with van der Waals surface area (Å²) in [6.07, 6.45) is 5.61. The summed E-state index contributed by atoms with van der Waals surface area (Å²) in [6.45, 7) is 0. The summed E-state index contributed by atoms with van der Waals surface area (Å²) >= 11 is 0. The molecular formula is C18H23N3O2. The summed E-state index contributed by atoms with van der Waals surface area (Å²) in [5.41, 5.74) is 8.41. The lowest BCUT2D eigenvalue weighted by Crippen LogP contribution is -2.54. The predicted molar refractivity (Wildman–Crippen MR) is 88.9 cm³/mol. The topological polar surface area (TPSA) is 82.4 Å². The number of carbonyl (C=O) groups excluding carboxylic acids is 1. The SMILES string of the molecule is N[C@@H](Cc1c[nH]c2ccccc12)C(=O)N1C2CCC1CC(O)C2. The van der Waals surface area contributed by atoms with Crippen LogP contribution in [-0.4, -0.2) is 45.1 Å². The van der Waals surface area contributed by atoms with E-state index >= 15 is 0 Å². The quantitative estimate of drug-likeness (QED) is 0.804. The zero-order valence-corrected chi connectivity index (χ0v) is 13.1. The minimum absolute atomic E-state index is 0.0367. The Kier molecular flexibility index (Phi) is 3.62. The van der Waals surface area contributed by atoms with Crippen LogP contribution in [-0.2, 0) is 11.2 Å². The van der Waals surface area contributed by atoms with E-state index in [-0.39, 0.29) is 24.1 Å². The van der Waals surface area contributed by atoms with Gasteiger partial charge in [-0.3, -0.25) is 4.79 Å². The number of carbonyl (C=O) groups is 1. The first-order valence-corrected chi connectivity index (χ1v) is 8.44. The molecule has 2 unspecified atom stereocenters. The molecule has 1 aromatic carbocycles. The second-order valence-corrected chi connectivity index (χ2v) is 6.93. The lowest BCUT2D eigenvalue weighted by molar-refractivity contribution is -0.138. The Hall–Kier alpha value is -1.85. The third-order valence-corrected chi connectivity index (χ3v) is 5.39. The molecule has 4 N–H and O–H groups in total. The number of rotatable bonds is 3. The molecule has 0 radical (unpaired) electrons. The number of fused-ring (bicyclic) bond motifs is 3. The van der Waals surface area contributed by atoms with Crippen LogP contribution in [0.25, 0.3) is 10.9 Å². The number of aliphatic hydroxyl groups excluding tert-OH is 1. The standard InChI is InChI=1S/C18H23N3O2/c19-16(7-11-10-20-17-4-2-1-3-15(11)17)18(23)21-12-5-6-13(21)9-14(22)8-12/h1-4,10,12-14,16,20,22H,5-9,19H2/t12?,13?,14?,16-/m0/s1. The molecule has 2 aliphatic heterocycles. The lowest BCUT2D eigenvalue weighted by atomic mass is 9.97. The fourth-order valence-corrected chi connectivity index (χ4v) is 4.32. The largest absolute Gasteiger partial charge is 0.393 e. The normalized spacial score (nSPS) is 28.3. The van der Waals surface area contributed by atoms with Gasteiger partial charge in [0.25, 0.3) is 0 Å². The van der Waals surface area contributed by atoms with Gasteiger partial charge in [-0.15, -0.1) is 0 Å². The smallest absolute Gasteiger partial charge is 0.240 e. The highest BCUT2D eigenvalue weighted by Crippen LogP contribution is 2.36. The van der Waals surface area contributed by atoms with Crippen molar-refractivity contribution in [1.29, 1.82) is 0 Å². The number of aromatic amines is 1. The van der Waals surface area contributed by atoms with Gasteiger partial charge in [-0.2, -0.15) is 0 Å². The Morgan fingerprint density at radius 2 is 2.00 bits per heavy atom. The highest BCUT2D eigenvalue weighted by Gasteiger charge is 2.43. The molecule has 2 aliphatic rings. The van der Waals surface area contributed by atoms with E-state index in [0.29, 0.717) is 19.3 Å². The van der Waals surface area contributed by atoms with Crippen molar-refractivity contribution in [2.75, 3.05) is 0 Å². The van der Waals surface area contributed by atoms with Gasteiger partial charge < -0.3 is 20.7 Å². The Morgan fingerprint density at radius 1 is 1.30 bits per heavy atom. The van der Waals surface area contributed by atoms with E-state index in [2.05, 4.69) is 11.1 Å². The maximum Gasteiger partial charge on any atom is 0.240 e. The Labute approximate surface area is 135 Å². The number of aromatic nitrogens is 1. The molecule has 1 amide bonds. The van der Waals surface area contributed by atoms with Gasteiger partial charge in [0.15, 0.2) is 0 Å². The molecule has 1 aromatic heterocycles. The van der Waals surface area contributed by atoms with E-state index in [4.69, 9.17) is 5.73 Å². The van der Waals surface area contributed by atoms with E-state index in [0.717, 1.165) is 29.3 Å². The molecule has 2 fully saturated rings. The van der Waals surface area contributed by atoms with Gasteiger partial charge in [0.1, 0.15) is 0 Å². The van der Waals surface area contributed by atoms with Gasteiger partial charge in [0, 0.05) is 29.2 Å². The molecule has 122 valence electrons. The van der Waals surface area contributed by atoms with Crippen molar-refractivity contribution in [1.82, 2.24) is 9.88 Å². The van der Waals surface area contributed by atoms with Gasteiger partial charge in [-0.25, -0.2) is 0 Å². The number of piperidine rings is 1. The van der Waals surface area contributed by atoms with Crippen LogP contribution < -0.4 is 5.73 Å². The molecule has 2 saturated heterocycles. The molecule has 4 rings (SSSR count). The molecule has 3 heterocycles. The summed E-state index contributed by atoms with van der Waals surface area (Å²) in [5.74, 6) is 0.0367. The van der Waals surface area contributed by atoms with Crippen molar-refractivity contribution in [2.45, 2.75) is 56.3 Å². The number of para-hydroxylation sites is 1. The minimum Gasteiger partial charge on any atom is -0.393 e. The maximum atomic E-state index is 12.8. The number of nitrogens with zero attached hydrogens (tertiary/aromatic N) is 1. The number of nitrogens with one attached hydrogen (secondary N) is 1. The van der Waals surface area contributed by atoms with Crippen LogP contribution in [0.3, 0.4) is 0 Å². The van der Waals surface area contributed by atoms with Crippen molar-refractivity contribution in [2.24, 2.45) is 5.73 Å². The monoisotopic (exact) mass is 313 g/mol. The van der Waals surface area contributed by atoms with Crippen LogP contribution in [0, 0.1) is 0 Å². The first-order valence-electron chi connectivity index (χ1n) is 8.44. The minimum atomic E-state index is -0.521. The van der Waals surface area contributed by atoms with Gasteiger partial charge in [0.05, 0.1) is 12.1 Å². The Balaban J connectivity index is 1.51. The number of hydrogen-bond donors (Lipinski definition) is 3. The van der Waals surface area contributed by atoms with Crippen molar-refractivity contribution in [3.8, 4) is 0 Å². The maximum absolute atomic E-state index is 12.8. The summed E-state index contributed by atoms with van der Waals surface area (Å²) < 4.78 is 0. The average molecular weight is 313 g/mol. The predicted octanol–water partition coefficient (Wildman–Crippen LogP) is 1.55. The third kappa shape index (κ3) is 2.54. The van der Waals surface area contributed by atoms with E-state index < -0.39 is 6.04 Å². The molecule has 23 heavy (non-hydrogen) atoms. The summed E-state index contributed by atoms with van der Waals surface area (Å²) in [6, 6.07) is 7.89. The molecule has 5 heteroatoms. The van der Waals surface area contributed by atoms with Gasteiger partial charge in [0.2, 0.25) is 5.91 Å². The summed E-state index contributed by atoms with van der Waals surface area (Å²) in [4.78, 5) is 18.0. The van der Waals surface area contributed by atoms with E-state index in [1.807, 2.05) is 29.3 Å². The zero-order chi connectivity index (χ0) is 16.0. The molecule has 3 atom stereocenters. The number of amides is 1. The molecule has 0 spiro atoms. The number of benzene rings is 1. The van der Waals surface area contributed by atoms with E-state index in [1.165, 1.54) is 0 Å². The summed E-state index contributed by atoms with van der Waals surface area (Å²) in [5, 5.41) is 11.0. The Morgan fingerprint density at radius 3 is 2.74 bits per heavy atom.